The molecule has 2 aromatic rings. The highest BCUT2D eigenvalue weighted by Crippen LogP contribution is 2.27. The molecule has 4 nitrogen and oxygen atoms in total. The average molecular weight is 315 g/mol. The lowest BCUT2D eigenvalue weighted by atomic mass is 9.83. The molecule has 3 rings (SSSR count). The third-order valence-electron chi connectivity index (χ3n) is 4.29. The predicted molar refractivity (Wildman–Crippen MR) is 90.4 cm³/mol. The fourth-order valence-corrected chi connectivity index (χ4v) is 3.54. The van der Waals surface area contributed by atoms with E-state index < -0.39 is 5.41 Å². The highest BCUT2D eigenvalue weighted by atomic mass is 32.1. The molecule has 1 fully saturated rings. The summed E-state index contributed by atoms with van der Waals surface area (Å²) in [6.45, 7) is 7.24. The van der Waals surface area contributed by atoms with Crippen molar-refractivity contribution >= 4 is 22.4 Å². The summed E-state index contributed by atoms with van der Waals surface area (Å²) < 4.78 is 0. The van der Waals surface area contributed by atoms with Crippen molar-refractivity contribution < 1.29 is 4.79 Å². The second-order valence-electron chi connectivity index (χ2n) is 6.08. The van der Waals surface area contributed by atoms with E-state index in [0.29, 0.717) is 0 Å². The lowest BCUT2D eigenvalue weighted by molar-refractivity contribution is -0.136. The van der Waals surface area contributed by atoms with Gasteiger partial charge in [-0.05, 0) is 19.4 Å². The topological polar surface area (TPSA) is 36.4 Å². The van der Waals surface area contributed by atoms with Crippen LogP contribution in [0.25, 0.3) is 0 Å². The second kappa shape index (κ2) is 6.08. The molecular weight excluding hydrogens is 294 g/mol. The van der Waals surface area contributed by atoms with Crippen LogP contribution in [0.5, 0.6) is 0 Å². The fraction of sp³-hybridized carbons (Fsp3) is 0.412. The smallest absolute Gasteiger partial charge is 0.232 e. The lowest BCUT2D eigenvalue weighted by Gasteiger charge is -2.38. The van der Waals surface area contributed by atoms with E-state index in [2.05, 4.69) is 9.88 Å². The van der Waals surface area contributed by atoms with Crippen molar-refractivity contribution in [2.45, 2.75) is 19.3 Å². The minimum atomic E-state index is -0.482. The minimum Gasteiger partial charge on any atom is -0.345 e. The number of hydrogen-bond donors (Lipinski definition) is 0. The zero-order chi connectivity index (χ0) is 15.6. The van der Waals surface area contributed by atoms with Crippen LogP contribution in [0.2, 0.25) is 0 Å². The minimum absolute atomic E-state index is 0.206. The quantitative estimate of drug-likeness (QED) is 0.874. The Morgan fingerprint density at radius 2 is 1.82 bits per heavy atom. The monoisotopic (exact) mass is 315 g/mol. The Hall–Kier alpha value is -1.88. The first-order valence-electron chi connectivity index (χ1n) is 7.58. The number of thiazole rings is 1. The molecule has 1 amide bonds. The highest BCUT2D eigenvalue weighted by molar-refractivity contribution is 7.13. The van der Waals surface area contributed by atoms with Gasteiger partial charge in [0.1, 0.15) is 0 Å². The first kappa shape index (κ1) is 15.0. The molecule has 1 aliphatic heterocycles. The third-order valence-corrected chi connectivity index (χ3v) is 5.12. The van der Waals surface area contributed by atoms with Crippen LogP contribution in [-0.4, -0.2) is 42.0 Å². The maximum atomic E-state index is 12.9. The van der Waals surface area contributed by atoms with Crippen molar-refractivity contribution in [3.63, 3.8) is 0 Å². The number of carbonyl (C=O) groups is 1. The number of rotatable bonds is 3. The maximum absolute atomic E-state index is 12.9. The van der Waals surface area contributed by atoms with Gasteiger partial charge in [-0.2, -0.15) is 0 Å². The van der Waals surface area contributed by atoms with Crippen LogP contribution in [0.15, 0.2) is 41.9 Å². The van der Waals surface area contributed by atoms with E-state index in [-0.39, 0.29) is 5.91 Å². The molecule has 1 aromatic carbocycles. The Labute approximate surface area is 135 Å². The lowest BCUT2D eigenvalue weighted by Crippen LogP contribution is -2.53. The van der Waals surface area contributed by atoms with Gasteiger partial charge in [0.25, 0.3) is 0 Å². The largest absolute Gasteiger partial charge is 0.345 e. The third kappa shape index (κ3) is 2.86. The molecule has 1 aromatic heterocycles. The molecule has 0 N–H and O–H groups in total. The molecule has 116 valence electrons. The van der Waals surface area contributed by atoms with Crippen molar-refractivity contribution in [1.29, 1.82) is 0 Å². The van der Waals surface area contributed by atoms with Gasteiger partial charge in [0, 0.05) is 37.8 Å². The Morgan fingerprint density at radius 3 is 2.41 bits per heavy atom. The van der Waals surface area contributed by atoms with Crippen molar-refractivity contribution in [2.75, 3.05) is 31.1 Å². The zero-order valence-electron chi connectivity index (χ0n) is 13.0. The number of benzene rings is 1. The van der Waals surface area contributed by atoms with Gasteiger partial charge in [-0.3, -0.25) is 4.79 Å². The first-order chi connectivity index (χ1) is 10.6. The van der Waals surface area contributed by atoms with Crippen LogP contribution in [0, 0.1) is 0 Å². The molecule has 0 unspecified atom stereocenters. The van der Waals surface area contributed by atoms with Gasteiger partial charge >= 0.3 is 0 Å². The summed E-state index contributed by atoms with van der Waals surface area (Å²) in [7, 11) is 0. The number of anilines is 1. The van der Waals surface area contributed by atoms with Crippen molar-refractivity contribution in [3.05, 3.63) is 47.5 Å². The number of hydrogen-bond acceptors (Lipinski definition) is 4. The van der Waals surface area contributed by atoms with Gasteiger partial charge in [-0.1, -0.05) is 30.3 Å². The summed E-state index contributed by atoms with van der Waals surface area (Å²) in [5.41, 5.74) is 0.590. The van der Waals surface area contributed by atoms with Crippen LogP contribution in [-0.2, 0) is 10.2 Å². The molecule has 0 radical (unpaired) electrons. The SMILES string of the molecule is CC(C)(C(=O)N1CCN(c2nccs2)CC1)c1ccccc1. The summed E-state index contributed by atoms with van der Waals surface area (Å²) in [5, 5.41) is 3.04. The van der Waals surface area contributed by atoms with E-state index in [0.717, 1.165) is 36.9 Å². The van der Waals surface area contributed by atoms with Gasteiger partial charge in [0.05, 0.1) is 5.41 Å². The molecule has 0 atom stereocenters. The van der Waals surface area contributed by atoms with E-state index in [1.165, 1.54) is 0 Å². The summed E-state index contributed by atoms with van der Waals surface area (Å²) in [6, 6.07) is 10.0. The summed E-state index contributed by atoms with van der Waals surface area (Å²) >= 11 is 1.65. The van der Waals surface area contributed by atoms with Gasteiger partial charge in [0.2, 0.25) is 5.91 Å². The predicted octanol–water partition coefficient (Wildman–Crippen LogP) is 2.77. The van der Waals surface area contributed by atoms with E-state index in [4.69, 9.17) is 0 Å². The number of nitrogens with zero attached hydrogens (tertiary/aromatic N) is 3. The number of carbonyl (C=O) groups excluding carboxylic acids is 1. The second-order valence-corrected chi connectivity index (χ2v) is 6.96. The van der Waals surface area contributed by atoms with Crippen LogP contribution in [0.1, 0.15) is 19.4 Å². The van der Waals surface area contributed by atoms with Gasteiger partial charge in [-0.25, -0.2) is 4.98 Å². The van der Waals surface area contributed by atoms with Crippen molar-refractivity contribution in [3.8, 4) is 0 Å². The molecule has 22 heavy (non-hydrogen) atoms. The van der Waals surface area contributed by atoms with Gasteiger partial charge in [0.15, 0.2) is 5.13 Å². The molecule has 0 bridgehead atoms. The number of aromatic nitrogens is 1. The van der Waals surface area contributed by atoms with Crippen molar-refractivity contribution in [2.24, 2.45) is 0 Å². The van der Waals surface area contributed by atoms with E-state index in [9.17, 15) is 4.79 Å². The molecule has 0 saturated carbocycles. The summed E-state index contributed by atoms with van der Waals surface area (Å²) in [5.74, 6) is 0.206. The van der Waals surface area contributed by atoms with E-state index in [1.54, 1.807) is 11.3 Å². The molecule has 1 saturated heterocycles. The molecule has 1 aliphatic rings. The van der Waals surface area contributed by atoms with Crippen LogP contribution in [0.4, 0.5) is 5.13 Å². The molecule has 2 heterocycles. The number of amides is 1. The van der Waals surface area contributed by atoms with Crippen LogP contribution >= 0.6 is 11.3 Å². The molecular formula is C17H21N3OS. The Bertz CT molecular complexity index is 617. The van der Waals surface area contributed by atoms with Crippen molar-refractivity contribution in [1.82, 2.24) is 9.88 Å². The van der Waals surface area contributed by atoms with Crippen LogP contribution < -0.4 is 4.90 Å². The first-order valence-corrected chi connectivity index (χ1v) is 8.46. The van der Waals surface area contributed by atoms with Gasteiger partial charge in [-0.15, -0.1) is 11.3 Å². The fourth-order valence-electron chi connectivity index (χ4n) is 2.85. The number of piperazine rings is 1. The highest BCUT2D eigenvalue weighted by Gasteiger charge is 2.35. The van der Waals surface area contributed by atoms with E-state index >= 15 is 0 Å². The Kier molecular flexibility index (Phi) is 4.16. The Morgan fingerprint density at radius 1 is 1.14 bits per heavy atom. The van der Waals surface area contributed by atoms with Crippen LogP contribution in [0.3, 0.4) is 0 Å². The molecule has 0 aliphatic carbocycles. The summed E-state index contributed by atoms with van der Waals surface area (Å²) in [6.07, 6.45) is 1.83. The molecule has 0 spiro atoms. The standard InChI is InChI=1S/C17H21N3OS/c1-17(2,14-6-4-3-5-7-14)15(21)19-9-11-20(12-10-19)16-18-8-13-22-16/h3-8,13H,9-12H2,1-2H3. The normalized spacial score (nSPS) is 15.9. The zero-order valence-corrected chi connectivity index (χ0v) is 13.8. The maximum Gasteiger partial charge on any atom is 0.232 e. The average Bonchev–Trinajstić information content (AvgIpc) is 3.09. The molecule has 5 heteroatoms. The summed E-state index contributed by atoms with van der Waals surface area (Å²) in [4.78, 5) is 21.5. The van der Waals surface area contributed by atoms with Gasteiger partial charge < -0.3 is 9.80 Å². The Balaban J connectivity index is 1.67. The van der Waals surface area contributed by atoms with E-state index in [1.807, 2.05) is 60.7 Å².